The van der Waals surface area contributed by atoms with Crippen molar-refractivity contribution in [3.05, 3.63) is 48.0 Å². The van der Waals surface area contributed by atoms with Crippen molar-refractivity contribution in [2.75, 3.05) is 25.0 Å². The van der Waals surface area contributed by atoms with Crippen molar-refractivity contribution in [2.24, 2.45) is 0 Å². The number of aryl methyl sites for hydroxylation is 1. The van der Waals surface area contributed by atoms with Gasteiger partial charge in [0.25, 0.3) is 0 Å². The predicted molar refractivity (Wildman–Crippen MR) is 162 cm³/mol. The molecule has 0 saturated carbocycles. The number of ether oxygens (including phenoxy) is 1. The van der Waals surface area contributed by atoms with Gasteiger partial charge in [-0.25, -0.2) is 4.98 Å². The molecule has 8 heteroatoms. The van der Waals surface area contributed by atoms with Crippen molar-refractivity contribution in [1.82, 2.24) is 15.6 Å². The minimum absolute atomic E-state index is 0.0173. The van der Waals surface area contributed by atoms with Crippen LogP contribution < -0.4 is 16.0 Å². The first-order chi connectivity index (χ1) is 18.5. The second-order valence-corrected chi connectivity index (χ2v) is 12.0. The molecule has 3 rings (SSSR count). The van der Waals surface area contributed by atoms with Crippen molar-refractivity contribution in [2.45, 2.75) is 84.8 Å². The molecule has 2 aromatic carbocycles. The van der Waals surface area contributed by atoms with E-state index in [4.69, 9.17) is 9.72 Å². The average Bonchev–Trinajstić information content (AvgIpc) is 3.31. The number of amides is 2. The van der Waals surface area contributed by atoms with E-state index in [1.54, 1.807) is 11.3 Å². The number of carbonyl (C=O) groups excluding carboxylic acids is 2. The molecule has 1 aromatic heterocycles. The fourth-order valence-corrected chi connectivity index (χ4v) is 5.33. The number of anilines is 1. The molecule has 212 valence electrons. The van der Waals surface area contributed by atoms with Crippen molar-refractivity contribution >= 4 is 39.1 Å². The second-order valence-electron chi connectivity index (χ2n) is 11.0. The Morgan fingerprint density at radius 2 is 1.72 bits per heavy atom. The molecule has 1 heterocycles. The molecule has 0 aliphatic heterocycles. The number of nitrogens with one attached hydrogen (secondary N) is 3. The van der Waals surface area contributed by atoms with Crippen LogP contribution in [0, 0.1) is 6.92 Å². The van der Waals surface area contributed by atoms with Crippen LogP contribution in [-0.4, -0.2) is 47.6 Å². The quantitative estimate of drug-likeness (QED) is 0.201. The Labute approximate surface area is 237 Å². The second kappa shape index (κ2) is 13.9. The minimum atomic E-state index is -0.394. The first-order valence-corrected chi connectivity index (χ1v) is 14.8. The fraction of sp³-hybridized carbons (Fsp3) is 0.516. The lowest BCUT2D eigenvalue weighted by molar-refractivity contribution is -0.124. The Kier molecular flexibility index (Phi) is 10.9. The smallest absolute Gasteiger partial charge is 0.222 e. The molecular formula is C31H44N4O3S. The van der Waals surface area contributed by atoms with Crippen LogP contribution in [0.3, 0.4) is 0 Å². The maximum atomic E-state index is 12.7. The van der Waals surface area contributed by atoms with Gasteiger partial charge < -0.3 is 20.7 Å². The summed E-state index contributed by atoms with van der Waals surface area (Å²) in [5.74, 6) is 0.0661. The van der Waals surface area contributed by atoms with E-state index >= 15 is 0 Å². The normalized spacial score (nSPS) is 13.2. The lowest BCUT2D eigenvalue weighted by Crippen LogP contribution is -2.47. The van der Waals surface area contributed by atoms with Crippen LogP contribution >= 0.6 is 11.3 Å². The molecule has 2 amide bonds. The molecule has 0 saturated heterocycles. The van der Waals surface area contributed by atoms with E-state index in [0.717, 1.165) is 28.2 Å². The van der Waals surface area contributed by atoms with Gasteiger partial charge in [-0.1, -0.05) is 13.0 Å². The summed E-state index contributed by atoms with van der Waals surface area (Å²) in [6.45, 7) is 13.9. The summed E-state index contributed by atoms with van der Waals surface area (Å²) < 4.78 is 7.29. The largest absolute Gasteiger partial charge is 0.385 e. The number of benzene rings is 2. The third-order valence-electron chi connectivity index (χ3n) is 7.05. The molecule has 0 aliphatic carbocycles. The van der Waals surface area contributed by atoms with E-state index in [9.17, 15) is 9.59 Å². The van der Waals surface area contributed by atoms with Gasteiger partial charge in [-0.3, -0.25) is 9.59 Å². The van der Waals surface area contributed by atoms with Gasteiger partial charge >= 0.3 is 0 Å². The van der Waals surface area contributed by atoms with E-state index in [2.05, 4.69) is 67.1 Å². The van der Waals surface area contributed by atoms with Crippen LogP contribution in [0.5, 0.6) is 0 Å². The number of fused-ring (bicyclic) bond motifs is 1. The van der Waals surface area contributed by atoms with Crippen molar-refractivity contribution < 1.29 is 14.3 Å². The molecule has 0 radical (unpaired) electrons. The Morgan fingerprint density at radius 1 is 0.974 bits per heavy atom. The SMILES string of the molecule is CCNC(=O)CCC(C)(C)OCCC(C)(CC)NC(=O)CCNc1ccc(-c2nc3ccc(C)cc3s2)cc1. The summed E-state index contributed by atoms with van der Waals surface area (Å²) in [6.07, 6.45) is 3.00. The highest BCUT2D eigenvalue weighted by molar-refractivity contribution is 7.21. The van der Waals surface area contributed by atoms with E-state index in [1.807, 2.05) is 32.9 Å². The minimum Gasteiger partial charge on any atom is -0.385 e. The van der Waals surface area contributed by atoms with E-state index in [0.29, 0.717) is 45.4 Å². The van der Waals surface area contributed by atoms with Crippen molar-refractivity contribution in [1.29, 1.82) is 0 Å². The number of thiazole rings is 1. The zero-order chi connectivity index (χ0) is 28.5. The van der Waals surface area contributed by atoms with Crippen LogP contribution in [-0.2, 0) is 14.3 Å². The van der Waals surface area contributed by atoms with Gasteiger partial charge in [-0.2, -0.15) is 0 Å². The number of nitrogens with zero attached hydrogens (tertiary/aromatic N) is 1. The van der Waals surface area contributed by atoms with Gasteiger partial charge in [0.15, 0.2) is 0 Å². The summed E-state index contributed by atoms with van der Waals surface area (Å²) in [5, 5.41) is 10.4. The number of hydrogen-bond acceptors (Lipinski definition) is 6. The highest BCUT2D eigenvalue weighted by Gasteiger charge is 2.26. The van der Waals surface area contributed by atoms with Gasteiger partial charge in [0.2, 0.25) is 11.8 Å². The molecule has 0 fully saturated rings. The molecule has 3 aromatic rings. The summed E-state index contributed by atoms with van der Waals surface area (Å²) >= 11 is 1.70. The van der Waals surface area contributed by atoms with Crippen LogP contribution in [0.4, 0.5) is 5.69 Å². The summed E-state index contributed by atoms with van der Waals surface area (Å²) in [5.41, 5.74) is 3.59. The maximum Gasteiger partial charge on any atom is 0.222 e. The summed E-state index contributed by atoms with van der Waals surface area (Å²) in [7, 11) is 0. The first kappa shape index (κ1) is 30.6. The van der Waals surface area contributed by atoms with Crippen LogP contribution in [0.25, 0.3) is 20.8 Å². The predicted octanol–water partition coefficient (Wildman–Crippen LogP) is 6.46. The molecule has 39 heavy (non-hydrogen) atoms. The van der Waals surface area contributed by atoms with Crippen LogP contribution in [0.2, 0.25) is 0 Å². The van der Waals surface area contributed by atoms with Crippen molar-refractivity contribution in [3.8, 4) is 10.6 Å². The Balaban J connectivity index is 1.41. The van der Waals surface area contributed by atoms with Crippen LogP contribution in [0.15, 0.2) is 42.5 Å². The van der Waals surface area contributed by atoms with E-state index < -0.39 is 5.60 Å². The topological polar surface area (TPSA) is 92.4 Å². The Morgan fingerprint density at radius 3 is 2.41 bits per heavy atom. The molecule has 0 bridgehead atoms. The average molecular weight is 553 g/mol. The third-order valence-corrected chi connectivity index (χ3v) is 8.12. The van der Waals surface area contributed by atoms with Crippen LogP contribution in [0.1, 0.15) is 72.3 Å². The third kappa shape index (κ3) is 9.62. The monoisotopic (exact) mass is 552 g/mol. The molecule has 7 nitrogen and oxygen atoms in total. The molecular weight excluding hydrogens is 508 g/mol. The fourth-order valence-electron chi connectivity index (χ4n) is 4.26. The Bertz CT molecular complexity index is 1240. The standard InChI is InChI=1S/C31H44N4O3S/c1-7-31(6,18-20-38-30(4,5)17-15-27(36)32-8-2)35-28(37)16-19-33-24-12-10-23(11-13-24)29-34-25-14-9-22(3)21-26(25)39-29/h9-14,21,33H,7-8,15-20H2,1-6H3,(H,32,36)(H,35,37). The first-order valence-electron chi connectivity index (χ1n) is 14.0. The number of hydrogen-bond donors (Lipinski definition) is 3. The Hall–Kier alpha value is -2.97. The number of aromatic nitrogens is 1. The van der Waals surface area contributed by atoms with Gasteiger partial charge in [0, 0.05) is 49.3 Å². The highest BCUT2D eigenvalue weighted by Crippen LogP contribution is 2.31. The van der Waals surface area contributed by atoms with Gasteiger partial charge in [-0.05, 0) is 95.8 Å². The van der Waals surface area contributed by atoms with Gasteiger partial charge in [0.1, 0.15) is 5.01 Å². The highest BCUT2D eigenvalue weighted by atomic mass is 32.1. The van der Waals surface area contributed by atoms with Gasteiger partial charge in [-0.15, -0.1) is 11.3 Å². The van der Waals surface area contributed by atoms with E-state index in [1.165, 1.54) is 10.3 Å². The zero-order valence-corrected chi connectivity index (χ0v) is 25.1. The lowest BCUT2D eigenvalue weighted by atomic mass is 9.94. The van der Waals surface area contributed by atoms with E-state index in [-0.39, 0.29) is 17.4 Å². The maximum absolute atomic E-state index is 12.7. The van der Waals surface area contributed by atoms with Gasteiger partial charge in [0.05, 0.1) is 15.8 Å². The molecule has 0 aliphatic rings. The summed E-state index contributed by atoms with van der Waals surface area (Å²) in [4.78, 5) is 29.2. The lowest BCUT2D eigenvalue weighted by Gasteiger charge is -2.32. The molecule has 1 unspecified atom stereocenters. The number of carbonyl (C=O) groups is 2. The molecule has 0 spiro atoms. The molecule has 1 atom stereocenters. The van der Waals surface area contributed by atoms with Crippen molar-refractivity contribution in [3.63, 3.8) is 0 Å². The summed E-state index contributed by atoms with van der Waals surface area (Å²) in [6, 6.07) is 14.5. The zero-order valence-electron chi connectivity index (χ0n) is 24.3. The number of rotatable bonds is 15. The molecule has 3 N–H and O–H groups in total.